The fraction of sp³-hybridized carbons (Fsp3) is 1.00. The summed E-state index contributed by atoms with van der Waals surface area (Å²) >= 11 is 0. The van der Waals surface area contributed by atoms with E-state index in [0.717, 1.165) is 4.31 Å². The highest BCUT2D eigenvalue weighted by atomic mass is 35.5. The number of nitrogens with one attached hydrogen (secondary N) is 2. The van der Waals surface area contributed by atoms with Gasteiger partial charge in [0.2, 0.25) is 0 Å². The van der Waals surface area contributed by atoms with E-state index in [0.29, 0.717) is 25.9 Å². The Hall–Kier alpha value is -0.0900. The van der Waals surface area contributed by atoms with Crippen LogP contribution in [0.4, 0.5) is 13.2 Å². The molecule has 0 aliphatic carbocycles. The van der Waals surface area contributed by atoms with Crippen molar-refractivity contribution >= 4 is 22.6 Å². The summed E-state index contributed by atoms with van der Waals surface area (Å²) in [4.78, 5) is 0. The largest absolute Gasteiger partial charge is 0.402 e. The summed E-state index contributed by atoms with van der Waals surface area (Å²) in [6, 6.07) is -0.248. The molecule has 1 rings (SSSR count). The Labute approximate surface area is 111 Å². The Balaban J connectivity index is 0.00000289. The van der Waals surface area contributed by atoms with E-state index in [1.165, 1.54) is 7.05 Å². The Bertz CT molecular complexity index is 344. The monoisotopic (exact) mass is 311 g/mol. The lowest BCUT2D eigenvalue weighted by molar-refractivity contribution is -0.121. The second-order valence-electron chi connectivity index (χ2n) is 3.94. The number of hydrogen-bond acceptors (Lipinski definition) is 3. The average Bonchev–Trinajstić information content (AvgIpc) is 2.26. The summed E-state index contributed by atoms with van der Waals surface area (Å²) < 4.78 is 61.5. The van der Waals surface area contributed by atoms with Gasteiger partial charge >= 0.3 is 6.18 Å². The third kappa shape index (κ3) is 5.70. The molecule has 0 atom stereocenters. The van der Waals surface area contributed by atoms with Gasteiger partial charge in [0.25, 0.3) is 10.2 Å². The van der Waals surface area contributed by atoms with Gasteiger partial charge in [-0.1, -0.05) is 0 Å². The van der Waals surface area contributed by atoms with Gasteiger partial charge in [-0.15, -0.1) is 12.4 Å². The number of halogens is 4. The number of piperidine rings is 1. The zero-order valence-electron chi connectivity index (χ0n) is 9.83. The zero-order chi connectivity index (χ0) is 13.1. The predicted molar refractivity (Wildman–Crippen MR) is 63.9 cm³/mol. The van der Waals surface area contributed by atoms with E-state index >= 15 is 0 Å². The first-order valence-corrected chi connectivity index (χ1v) is 6.66. The van der Waals surface area contributed by atoms with E-state index in [9.17, 15) is 21.6 Å². The highest BCUT2D eigenvalue weighted by Crippen LogP contribution is 2.16. The van der Waals surface area contributed by atoms with Crippen LogP contribution >= 0.6 is 12.4 Å². The molecule has 1 aliphatic rings. The summed E-state index contributed by atoms with van der Waals surface area (Å²) in [5.41, 5.74) is 0. The van der Waals surface area contributed by atoms with Gasteiger partial charge in [-0.3, -0.25) is 0 Å². The molecule has 0 amide bonds. The van der Waals surface area contributed by atoms with Crippen LogP contribution in [0.2, 0.25) is 0 Å². The minimum atomic E-state index is -4.54. The molecule has 1 saturated heterocycles. The summed E-state index contributed by atoms with van der Waals surface area (Å²) in [6.45, 7) is -0.196. The van der Waals surface area contributed by atoms with E-state index in [-0.39, 0.29) is 18.4 Å². The summed E-state index contributed by atoms with van der Waals surface area (Å²) in [7, 11) is -2.76. The quantitative estimate of drug-likeness (QED) is 0.794. The van der Waals surface area contributed by atoms with Crippen LogP contribution < -0.4 is 10.0 Å². The van der Waals surface area contributed by atoms with Gasteiger partial charge in [-0.05, 0) is 25.9 Å². The maximum Gasteiger partial charge on any atom is 0.402 e. The molecule has 0 radical (unpaired) electrons. The summed E-state index contributed by atoms with van der Waals surface area (Å²) in [5.74, 6) is 0. The van der Waals surface area contributed by atoms with Crippen molar-refractivity contribution in [2.75, 3.05) is 26.7 Å². The van der Waals surface area contributed by atoms with Crippen molar-refractivity contribution in [3.05, 3.63) is 0 Å². The fourth-order valence-electron chi connectivity index (χ4n) is 1.64. The molecule has 18 heavy (non-hydrogen) atoms. The van der Waals surface area contributed by atoms with Crippen molar-refractivity contribution in [2.45, 2.75) is 25.1 Å². The minimum Gasteiger partial charge on any atom is -0.317 e. The van der Waals surface area contributed by atoms with Crippen molar-refractivity contribution in [3.8, 4) is 0 Å². The maximum atomic E-state index is 11.9. The molecular weight excluding hydrogens is 295 g/mol. The number of hydrogen-bond donors (Lipinski definition) is 2. The van der Waals surface area contributed by atoms with E-state index < -0.39 is 22.9 Å². The smallest absolute Gasteiger partial charge is 0.317 e. The van der Waals surface area contributed by atoms with Gasteiger partial charge in [0.15, 0.2) is 0 Å². The molecule has 2 N–H and O–H groups in total. The highest BCUT2D eigenvalue weighted by Gasteiger charge is 2.33. The van der Waals surface area contributed by atoms with E-state index in [1.54, 1.807) is 4.72 Å². The third-order valence-corrected chi connectivity index (χ3v) is 4.22. The van der Waals surface area contributed by atoms with Gasteiger partial charge < -0.3 is 5.32 Å². The standard InChI is InChI=1S/C8H16F3N3O2S.ClH/c1-14(7-2-4-12-5-3-7)17(15,16)13-6-8(9,10)11;/h7,12-13H,2-6H2,1H3;1H. The Kier molecular flexibility index (Phi) is 6.86. The molecule has 1 heterocycles. The van der Waals surface area contributed by atoms with E-state index in [4.69, 9.17) is 0 Å². The van der Waals surface area contributed by atoms with Crippen molar-refractivity contribution < 1.29 is 21.6 Å². The maximum absolute atomic E-state index is 11.9. The van der Waals surface area contributed by atoms with Crippen molar-refractivity contribution in [2.24, 2.45) is 0 Å². The lowest BCUT2D eigenvalue weighted by atomic mass is 10.1. The number of alkyl halides is 3. The van der Waals surface area contributed by atoms with Gasteiger partial charge in [-0.2, -0.15) is 30.6 Å². The van der Waals surface area contributed by atoms with Crippen molar-refractivity contribution in [1.82, 2.24) is 14.3 Å². The molecule has 10 heteroatoms. The molecule has 0 aromatic rings. The van der Waals surface area contributed by atoms with Crippen LogP contribution in [-0.2, 0) is 10.2 Å². The Morgan fingerprint density at radius 1 is 1.33 bits per heavy atom. The van der Waals surface area contributed by atoms with Gasteiger partial charge in [0, 0.05) is 13.1 Å². The topological polar surface area (TPSA) is 61.4 Å². The predicted octanol–water partition coefficient (Wildman–Crippen LogP) is 0.489. The van der Waals surface area contributed by atoms with Gasteiger partial charge in [-0.25, -0.2) is 0 Å². The average molecular weight is 312 g/mol. The molecule has 0 aromatic heterocycles. The van der Waals surface area contributed by atoms with E-state index in [2.05, 4.69) is 5.32 Å². The molecule has 5 nitrogen and oxygen atoms in total. The normalized spacial score (nSPS) is 18.7. The van der Waals surface area contributed by atoms with Crippen LogP contribution in [0.1, 0.15) is 12.8 Å². The lowest BCUT2D eigenvalue weighted by Crippen LogP contribution is -2.49. The van der Waals surface area contributed by atoms with Gasteiger partial charge in [0.1, 0.15) is 6.54 Å². The van der Waals surface area contributed by atoms with Crippen LogP contribution in [-0.4, -0.2) is 51.6 Å². The SMILES string of the molecule is CN(C1CCNCC1)S(=O)(=O)NCC(F)(F)F.Cl. The van der Waals surface area contributed by atoms with E-state index in [1.807, 2.05) is 0 Å². The van der Waals surface area contributed by atoms with Crippen LogP contribution in [0.15, 0.2) is 0 Å². The lowest BCUT2D eigenvalue weighted by Gasteiger charge is -2.30. The van der Waals surface area contributed by atoms with Gasteiger partial charge in [0.05, 0.1) is 0 Å². The first kappa shape index (κ1) is 17.9. The first-order chi connectivity index (χ1) is 7.72. The highest BCUT2D eigenvalue weighted by molar-refractivity contribution is 7.87. The number of rotatable bonds is 4. The molecular formula is C8H17ClF3N3O2S. The molecule has 0 aromatic carbocycles. The van der Waals surface area contributed by atoms with Crippen LogP contribution in [0.5, 0.6) is 0 Å². The zero-order valence-corrected chi connectivity index (χ0v) is 11.5. The first-order valence-electron chi connectivity index (χ1n) is 5.22. The molecule has 1 aliphatic heterocycles. The van der Waals surface area contributed by atoms with Crippen LogP contribution in [0.25, 0.3) is 0 Å². The third-order valence-electron chi connectivity index (χ3n) is 2.66. The molecule has 0 bridgehead atoms. The van der Waals surface area contributed by atoms with Crippen LogP contribution in [0, 0.1) is 0 Å². The van der Waals surface area contributed by atoms with Crippen molar-refractivity contribution in [1.29, 1.82) is 0 Å². The fourth-order valence-corrected chi connectivity index (χ4v) is 2.79. The van der Waals surface area contributed by atoms with Crippen LogP contribution in [0.3, 0.4) is 0 Å². The Morgan fingerprint density at radius 3 is 2.28 bits per heavy atom. The second-order valence-corrected chi connectivity index (χ2v) is 5.75. The molecule has 0 spiro atoms. The number of nitrogens with zero attached hydrogens (tertiary/aromatic N) is 1. The summed E-state index contributed by atoms with van der Waals surface area (Å²) in [5, 5.41) is 3.06. The molecule has 0 saturated carbocycles. The molecule has 0 unspecified atom stereocenters. The molecule has 1 fully saturated rings. The molecule has 110 valence electrons. The summed E-state index contributed by atoms with van der Waals surface area (Å²) in [6.07, 6.45) is -3.34. The second kappa shape index (κ2) is 6.90. The minimum absolute atomic E-state index is 0. The Morgan fingerprint density at radius 2 is 1.83 bits per heavy atom. The van der Waals surface area contributed by atoms with Crippen molar-refractivity contribution in [3.63, 3.8) is 0 Å².